The third-order valence-electron chi connectivity index (χ3n) is 4.42. The van der Waals surface area contributed by atoms with Crippen LogP contribution in [0.3, 0.4) is 0 Å². The number of benzene rings is 3. The van der Waals surface area contributed by atoms with Crippen LogP contribution >= 0.6 is 35.0 Å². The highest BCUT2D eigenvalue weighted by Gasteiger charge is 2.31. The van der Waals surface area contributed by atoms with E-state index in [1.165, 1.54) is 16.1 Å². The zero-order valence-electron chi connectivity index (χ0n) is 14.7. The van der Waals surface area contributed by atoms with Crippen molar-refractivity contribution in [3.8, 4) is 0 Å². The first-order chi connectivity index (χ1) is 13.4. The van der Waals surface area contributed by atoms with Crippen molar-refractivity contribution in [1.82, 2.24) is 4.31 Å². The SMILES string of the molecule is O=S(=O)(c1ccc2ccccc2c1)N1CCN=C1SCc1ccc(Cl)c(Cl)c1. The molecule has 3 aromatic rings. The minimum atomic E-state index is -3.66. The second-order valence-corrected chi connectivity index (χ2v) is 9.91. The topological polar surface area (TPSA) is 49.7 Å². The standard InChI is InChI=1S/C20H16Cl2N2O2S2/c21-18-8-5-14(11-19(18)22)13-27-20-23-9-10-24(20)28(25,26)17-7-6-15-3-1-2-4-16(15)12-17/h1-8,11-12H,9-10,13H2. The highest BCUT2D eigenvalue weighted by molar-refractivity contribution is 8.14. The molecule has 28 heavy (non-hydrogen) atoms. The molecule has 0 N–H and O–H groups in total. The zero-order chi connectivity index (χ0) is 19.7. The van der Waals surface area contributed by atoms with E-state index in [2.05, 4.69) is 4.99 Å². The Morgan fingerprint density at radius 1 is 0.964 bits per heavy atom. The lowest BCUT2D eigenvalue weighted by Crippen LogP contribution is -2.32. The van der Waals surface area contributed by atoms with E-state index in [1.807, 2.05) is 36.4 Å². The van der Waals surface area contributed by atoms with Crippen LogP contribution in [0.4, 0.5) is 0 Å². The van der Waals surface area contributed by atoms with Crippen LogP contribution < -0.4 is 0 Å². The lowest BCUT2D eigenvalue weighted by molar-refractivity contribution is 0.540. The van der Waals surface area contributed by atoms with Crippen molar-refractivity contribution in [2.24, 2.45) is 4.99 Å². The highest BCUT2D eigenvalue weighted by atomic mass is 35.5. The quantitative estimate of drug-likeness (QED) is 0.531. The largest absolute Gasteiger partial charge is 0.265 e. The molecule has 4 nitrogen and oxygen atoms in total. The van der Waals surface area contributed by atoms with Crippen LogP contribution in [0.1, 0.15) is 5.56 Å². The normalized spacial score (nSPS) is 14.5. The van der Waals surface area contributed by atoms with Crippen molar-refractivity contribution < 1.29 is 8.42 Å². The van der Waals surface area contributed by atoms with E-state index in [0.29, 0.717) is 34.1 Å². The average molecular weight is 451 g/mol. The molecule has 0 radical (unpaired) electrons. The summed E-state index contributed by atoms with van der Waals surface area (Å²) in [5.74, 6) is 0.555. The summed E-state index contributed by atoms with van der Waals surface area (Å²) in [6.45, 7) is 0.801. The number of amidine groups is 1. The summed E-state index contributed by atoms with van der Waals surface area (Å²) in [7, 11) is -3.66. The molecule has 4 rings (SSSR count). The molecule has 1 aliphatic rings. The lowest BCUT2D eigenvalue weighted by atomic mass is 10.1. The Bertz CT molecular complexity index is 1180. The summed E-state index contributed by atoms with van der Waals surface area (Å²) in [6.07, 6.45) is 0. The maximum absolute atomic E-state index is 13.2. The first kappa shape index (κ1) is 19.6. The molecule has 0 amide bonds. The van der Waals surface area contributed by atoms with Gasteiger partial charge < -0.3 is 0 Å². The van der Waals surface area contributed by atoms with Crippen LogP contribution in [0, 0.1) is 0 Å². The molecule has 0 atom stereocenters. The maximum atomic E-state index is 13.2. The Labute approximate surface area is 178 Å². The summed E-state index contributed by atoms with van der Waals surface area (Å²) in [4.78, 5) is 4.67. The number of nitrogens with zero attached hydrogens (tertiary/aromatic N) is 2. The number of hydrogen-bond donors (Lipinski definition) is 0. The second kappa shape index (κ2) is 7.95. The Morgan fingerprint density at radius 2 is 1.75 bits per heavy atom. The summed E-state index contributed by atoms with van der Waals surface area (Å²) >= 11 is 13.4. The number of aliphatic imine (C=N–C) groups is 1. The van der Waals surface area contributed by atoms with E-state index < -0.39 is 10.0 Å². The van der Waals surface area contributed by atoms with Crippen LogP contribution in [0.2, 0.25) is 10.0 Å². The second-order valence-electron chi connectivity index (χ2n) is 6.29. The van der Waals surface area contributed by atoms with Gasteiger partial charge in [0, 0.05) is 5.75 Å². The molecule has 0 saturated carbocycles. The van der Waals surface area contributed by atoms with E-state index in [9.17, 15) is 8.42 Å². The van der Waals surface area contributed by atoms with Crippen molar-refractivity contribution in [2.45, 2.75) is 10.6 Å². The molecule has 0 aromatic heterocycles. The first-order valence-electron chi connectivity index (χ1n) is 8.58. The lowest BCUT2D eigenvalue weighted by Gasteiger charge is -2.20. The molecular formula is C20H16Cl2N2O2S2. The summed E-state index contributed by atoms with van der Waals surface area (Å²) in [6, 6.07) is 18.3. The van der Waals surface area contributed by atoms with Gasteiger partial charge in [0.15, 0.2) is 5.17 Å². The van der Waals surface area contributed by atoms with Crippen LogP contribution in [0.25, 0.3) is 10.8 Å². The fourth-order valence-corrected chi connectivity index (χ4v) is 6.01. The van der Waals surface area contributed by atoms with Crippen LogP contribution in [-0.2, 0) is 15.8 Å². The fraction of sp³-hybridized carbons (Fsp3) is 0.150. The van der Waals surface area contributed by atoms with Gasteiger partial charge in [-0.15, -0.1) is 0 Å². The molecule has 0 spiro atoms. The molecule has 0 aliphatic carbocycles. The van der Waals surface area contributed by atoms with Gasteiger partial charge in [-0.25, -0.2) is 12.7 Å². The Balaban J connectivity index is 1.56. The summed E-state index contributed by atoms with van der Waals surface area (Å²) in [5, 5.41) is 3.37. The number of halogens is 2. The zero-order valence-corrected chi connectivity index (χ0v) is 17.8. The van der Waals surface area contributed by atoms with E-state index in [1.54, 1.807) is 24.3 Å². The Morgan fingerprint density at radius 3 is 2.54 bits per heavy atom. The van der Waals surface area contributed by atoms with Gasteiger partial charge in [0.2, 0.25) is 0 Å². The summed E-state index contributed by atoms with van der Waals surface area (Å²) < 4.78 is 27.8. The Kier molecular flexibility index (Phi) is 5.56. The molecule has 3 aromatic carbocycles. The molecule has 1 aliphatic heterocycles. The van der Waals surface area contributed by atoms with Gasteiger partial charge >= 0.3 is 0 Å². The first-order valence-corrected chi connectivity index (χ1v) is 11.8. The van der Waals surface area contributed by atoms with Crippen molar-refractivity contribution in [2.75, 3.05) is 13.1 Å². The van der Waals surface area contributed by atoms with Crippen LogP contribution in [-0.4, -0.2) is 31.0 Å². The number of fused-ring (bicyclic) bond motifs is 1. The number of hydrogen-bond acceptors (Lipinski definition) is 4. The molecule has 0 bridgehead atoms. The smallest absolute Gasteiger partial charge is 0.260 e. The van der Waals surface area contributed by atoms with Gasteiger partial charge in [0.1, 0.15) is 0 Å². The molecule has 0 fully saturated rings. The van der Waals surface area contributed by atoms with Crippen LogP contribution in [0.15, 0.2) is 70.6 Å². The monoisotopic (exact) mass is 450 g/mol. The van der Waals surface area contributed by atoms with Crippen molar-refractivity contribution in [1.29, 1.82) is 0 Å². The molecule has 1 heterocycles. The summed E-state index contributed by atoms with van der Waals surface area (Å²) in [5.41, 5.74) is 0.956. The van der Waals surface area contributed by atoms with Crippen LogP contribution in [0.5, 0.6) is 0 Å². The maximum Gasteiger partial charge on any atom is 0.265 e. The minimum Gasteiger partial charge on any atom is -0.260 e. The van der Waals surface area contributed by atoms with Gasteiger partial charge in [-0.05, 0) is 40.6 Å². The van der Waals surface area contributed by atoms with Gasteiger partial charge in [0.05, 0.1) is 28.0 Å². The van der Waals surface area contributed by atoms with E-state index in [4.69, 9.17) is 23.2 Å². The van der Waals surface area contributed by atoms with Crippen molar-refractivity contribution in [3.63, 3.8) is 0 Å². The van der Waals surface area contributed by atoms with Gasteiger partial charge in [-0.1, -0.05) is 71.4 Å². The number of rotatable bonds is 4. The van der Waals surface area contributed by atoms with Gasteiger partial charge in [-0.2, -0.15) is 0 Å². The predicted octanol–water partition coefficient (Wildman–Crippen LogP) is 5.44. The van der Waals surface area contributed by atoms with Gasteiger partial charge in [-0.3, -0.25) is 4.99 Å². The highest BCUT2D eigenvalue weighted by Crippen LogP contribution is 2.29. The van der Waals surface area contributed by atoms with E-state index >= 15 is 0 Å². The average Bonchev–Trinajstić information content (AvgIpc) is 3.18. The van der Waals surface area contributed by atoms with Gasteiger partial charge in [0.25, 0.3) is 10.0 Å². The minimum absolute atomic E-state index is 0.274. The van der Waals surface area contributed by atoms with E-state index in [0.717, 1.165) is 16.3 Å². The third-order valence-corrected chi connectivity index (χ3v) is 8.15. The Hall–Kier alpha value is -1.73. The molecule has 8 heteroatoms. The molecular weight excluding hydrogens is 435 g/mol. The van der Waals surface area contributed by atoms with Crippen molar-refractivity contribution in [3.05, 3.63) is 76.3 Å². The van der Waals surface area contributed by atoms with E-state index in [-0.39, 0.29) is 4.90 Å². The van der Waals surface area contributed by atoms with Crippen molar-refractivity contribution >= 4 is 60.9 Å². The molecule has 0 saturated heterocycles. The predicted molar refractivity (Wildman–Crippen MR) is 118 cm³/mol. The third kappa shape index (κ3) is 3.87. The molecule has 144 valence electrons. The fourth-order valence-electron chi connectivity index (χ4n) is 2.98. The number of thioether (sulfide) groups is 1. The number of sulfonamides is 1. The molecule has 0 unspecified atom stereocenters.